The molecule has 0 amide bonds. The molecule has 0 aliphatic carbocycles. The summed E-state index contributed by atoms with van der Waals surface area (Å²) in [4.78, 5) is 4.53. The molecular weight excluding hydrogens is 291 g/mol. The molecule has 2 aliphatic rings. The molecule has 2 heterocycles. The van der Waals surface area contributed by atoms with E-state index in [4.69, 9.17) is 0 Å². The van der Waals surface area contributed by atoms with Gasteiger partial charge in [0.1, 0.15) is 0 Å². The van der Waals surface area contributed by atoms with Gasteiger partial charge in [0.05, 0.1) is 0 Å². The Morgan fingerprint density at radius 2 is 1.33 bits per heavy atom. The number of anilines is 2. The van der Waals surface area contributed by atoms with E-state index >= 15 is 0 Å². The van der Waals surface area contributed by atoms with E-state index in [0.717, 1.165) is 0 Å². The summed E-state index contributed by atoms with van der Waals surface area (Å²) in [6, 6.07) is 21.0. The van der Waals surface area contributed by atoms with Crippen LogP contribution in [0.2, 0.25) is 0 Å². The van der Waals surface area contributed by atoms with E-state index in [2.05, 4.69) is 114 Å². The van der Waals surface area contributed by atoms with E-state index in [9.17, 15) is 0 Å². The smallest absolute Gasteiger partial charge is 0.314 e. The molecule has 2 aliphatic heterocycles. The van der Waals surface area contributed by atoms with Crippen LogP contribution in [0.15, 0.2) is 108 Å². The van der Waals surface area contributed by atoms with Gasteiger partial charge in [-0.15, -0.1) is 0 Å². The molecule has 4 rings (SSSR count). The fourth-order valence-electron chi connectivity index (χ4n) is 3.14. The summed E-state index contributed by atoms with van der Waals surface area (Å²) in [5, 5.41) is 0. The van der Waals surface area contributed by atoms with Crippen LogP contribution >= 0.6 is 0 Å². The molecule has 24 heavy (non-hydrogen) atoms. The summed E-state index contributed by atoms with van der Waals surface area (Å²) in [7, 11) is 0. The molecular formula is C21H19BN2. The van der Waals surface area contributed by atoms with Crippen molar-refractivity contribution in [1.29, 1.82) is 0 Å². The predicted octanol–water partition coefficient (Wildman–Crippen LogP) is 5.08. The van der Waals surface area contributed by atoms with Gasteiger partial charge in [-0.05, 0) is 55.7 Å². The molecule has 0 bridgehead atoms. The average Bonchev–Trinajstić information content (AvgIpc) is 2.63. The molecule has 0 unspecified atom stereocenters. The van der Waals surface area contributed by atoms with Crippen molar-refractivity contribution in [2.75, 3.05) is 4.90 Å². The minimum atomic E-state index is 0.268. The summed E-state index contributed by atoms with van der Waals surface area (Å²) in [5.41, 5.74) is 4.82. The predicted molar refractivity (Wildman–Crippen MR) is 103 cm³/mol. The molecule has 2 nitrogen and oxygen atoms in total. The summed E-state index contributed by atoms with van der Waals surface area (Å²) < 4.78 is 0. The number of nitrogens with zero attached hydrogens (tertiary/aromatic N) is 2. The maximum atomic E-state index is 2.31. The third-order valence-electron chi connectivity index (χ3n) is 4.33. The van der Waals surface area contributed by atoms with Crippen molar-refractivity contribution in [3.8, 4) is 0 Å². The molecule has 0 fully saturated rings. The first-order chi connectivity index (χ1) is 11.8. The molecule has 0 atom stereocenters. The lowest BCUT2D eigenvalue weighted by atomic mass is 9.57. The van der Waals surface area contributed by atoms with Crippen LogP contribution in [-0.2, 0) is 0 Å². The first-order valence-electron chi connectivity index (χ1n) is 8.25. The lowest BCUT2D eigenvalue weighted by molar-refractivity contribution is 0.782. The van der Waals surface area contributed by atoms with Crippen LogP contribution in [0.3, 0.4) is 0 Å². The van der Waals surface area contributed by atoms with Crippen LogP contribution in [0.5, 0.6) is 0 Å². The summed E-state index contributed by atoms with van der Waals surface area (Å²) >= 11 is 0. The maximum Gasteiger partial charge on any atom is 0.314 e. The van der Waals surface area contributed by atoms with E-state index < -0.39 is 0 Å². The van der Waals surface area contributed by atoms with Gasteiger partial charge in [-0.2, -0.15) is 0 Å². The quantitative estimate of drug-likeness (QED) is 0.729. The Bertz CT molecular complexity index is 795. The van der Waals surface area contributed by atoms with Crippen molar-refractivity contribution >= 4 is 18.2 Å². The van der Waals surface area contributed by atoms with Crippen LogP contribution in [-0.4, -0.2) is 11.7 Å². The number of fused-ring (bicyclic) bond motifs is 1. The third-order valence-corrected chi connectivity index (χ3v) is 4.33. The summed E-state index contributed by atoms with van der Waals surface area (Å²) in [5.74, 6) is 4.60. The zero-order valence-corrected chi connectivity index (χ0v) is 13.7. The highest BCUT2D eigenvalue weighted by atomic mass is 15.2. The minimum Gasteiger partial charge on any atom is -0.390 e. The number of hydrogen-bond donors (Lipinski definition) is 0. The third kappa shape index (κ3) is 2.81. The molecule has 0 spiro atoms. The lowest BCUT2D eigenvalue weighted by Gasteiger charge is -2.32. The maximum absolute atomic E-state index is 2.31. The fraction of sp³-hybridized carbons (Fsp3) is 0.0476. The van der Waals surface area contributed by atoms with Gasteiger partial charge < -0.3 is 9.71 Å². The number of hydrogen-bond acceptors (Lipinski definition) is 2. The number of para-hydroxylation sites is 2. The molecule has 0 saturated heterocycles. The van der Waals surface area contributed by atoms with Crippen molar-refractivity contribution in [3.05, 3.63) is 108 Å². The molecule has 0 N–H and O–H groups in total. The van der Waals surface area contributed by atoms with E-state index in [1.54, 1.807) is 0 Å². The van der Waals surface area contributed by atoms with Gasteiger partial charge in [0.15, 0.2) is 0 Å². The molecule has 2 aromatic carbocycles. The van der Waals surface area contributed by atoms with Gasteiger partial charge in [0.2, 0.25) is 0 Å². The van der Waals surface area contributed by atoms with Crippen LogP contribution < -0.4 is 4.90 Å². The second-order valence-corrected chi connectivity index (χ2v) is 6.08. The van der Waals surface area contributed by atoms with Crippen molar-refractivity contribution < 1.29 is 0 Å². The highest BCUT2D eigenvalue weighted by Gasteiger charge is 2.24. The molecule has 3 heteroatoms. The first kappa shape index (κ1) is 14.6. The zero-order chi connectivity index (χ0) is 16.4. The van der Waals surface area contributed by atoms with Crippen LogP contribution in [0.1, 0.15) is 6.92 Å². The second kappa shape index (κ2) is 6.28. The molecule has 0 saturated carbocycles. The molecule has 116 valence electrons. The van der Waals surface area contributed by atoms with Crippen molar-refractivity contribution in [2.24, 2.45) is 0 Å². The monoisotopic (exact) mass is 310 g/mol. The van der Waals surface area contributed by atoms with Crippen LogP contribution in [0, 0.1) is 0 Å². The van der Waals surface area contributed by atoms with Gasteiger partial charge in [-0.1, -0.05) is 53.9 Å². The summed E-state index contributed by atoms with van der Waals surface area (Å²) in [6.07, 6.45) is 8.61. The van der Waals surface area contributed by atoms with Gasteiger partial charge in [-0.25, -0.2) is 0 Å². The lowest BCUT2D eigenvalue weighted by Crippen LogP contribution is -2.34. The van der Waals surface area contributed by atoms with Crippen molar-refractivity contribution in [2.45, 2.75) is 6.92 Å². The van der Waals surface area contributed by atoms with Crippen molar-refractivity contribution in [1.82, 2.24) is 4.81 Å². The van der Waals surface area contributed by atoms with E-state index in [-0.39, 0.29) is 6.85 Å². The van der Waals surface area contributed by atoms with Crippen LogP contribution in [0.4, 0.5) is 11.4 Å². The Morgan fingerprint density at radius 1 is 0.750 bits per heavy atom. The van der Waals surface area contributed by atoms with Gasteiger partial charge in [0.25, 0.3) is 0 Å². The van der Waals surface area contributed by atoms with Crippen molar-refractivity contribution in [3.63, 3.8) is 0 Å². The second-order valence-electron chi connectivity index (χ2n) is 6.08. The Balaban J connectivity index is 1.78. The van der Waals surface area contributed by atoms with Crippen LogP contribution in [0.25, 0.3) is 0 Å². The Morgan fingerprint density at radius 3 is 1.96 bits per heavy atom. The van der Waals surface area contributed by atoms with E-state index in [1.807, 2.05) is 0 Å². The van der Waals surface area contributed by atoms with Gasteiger partial charge in [0, 0.05) is 17.1 Å². The minimum absolute atomic E-state index is 0.268. The highest BCUT2D eigenvalue weighted by Crippen LogP contribution is 2.32. The molecule has 0 radical (unpaired) electrons. The first-order valence-corrected chi connectivity index (χ1v) is 8.25. The standard InChI is InChI=1S/C21H19BN2/c1-18-12-14-23-15-13-21(17-22(23)16-18)24(19-8-4-2-5-9-19)20-10-6-3-7-11-20/h2-17H,1H3. The number of benzene rings is 2. The summed E-state index contributed by atoms with van der Waals surface area (Å²) in [6.45, 7) is 2.41. The Kier molecular flexibility index (Phi) is 3.83. The Labute approximate surface area is 143 Å². The van der Waals surface area contributed by atoms with E-state index in [1.165, 1.54) is 22.6 Å². The highest BCUT2D eigenvalue weighted by molar-refractivity contribution is 6.68. The van der Waals surface area contributed by atoms with Gasteiger partial charge in [-0.3, -0.25) is 0 Å². The van der Waals surface area contributed by atoms with Gasteiger partial charge >= 0.3 is 6.85 Å². The normalized spacial score (nSPS) is 15.7. The SMILES string of the molecule is CC1=CB2C=C(N(c3ccccc3)c3ccccc3)C=CN2C=C1. The number of rotatable bonds is 3. The largest absolute Gasteiger partial charge is 0.390 e. The average molecular weight is 310 g/mol. The fourth-order valence-corrected chi connectivity index (χ4v) is 3.14. The zero-order valence-electron chi connectivity index (χ0n) is 13.7. The topological polar surface area (TPSA) is 6.48 Å². The Hall–Kier alpha value is -2.94. The molecule has 0 aromatic heterocycles. The van der Waals surface area contributed by atoms with E-state index in [0.29, 0.717) is 0 Å². The molecule has 2 aromatic rings. The number of allylic oxidation sites excluding steroid dienone is 3.